The minimum absolute atomic E-state index is 0.0411. The summed E-state index contributed by atoms with van der Waals surface area (Å²) in [6, 6.07) is 50.1. The lowest BCUT2D eigenvalue weighted by molar-refractivity contribution is 0.0582. The van der Waals surface area contributed by atoms with E-state index in [1.54, 1.807) is 0 Å². The van der Waals surface area contributed by atoms with Crippen molar-refractivity contribution in [3.05, 3.63) is 235 Å². The molecule has 0 unspecified atom stereocenters. The number of hydrogen-bond donors (Lipinski definition) is 4. The zero-order valence-electron chi connectivity index (χ0n) is 52.2. The number of benzene rings is 8. The third kappa shape index (κ3) is 10.3. The summed E-state index contributed by atoms with van der Waals surface area (Å²) < 4.78 is 28.3. The van der Waals surface area contributed by atoms with E-state index in [0.717, 1.165) is 66.8 Å². The number of phenols is 4. The number of hydrogen-bond acceptors (Lipinski definition) is 12. The molecule has 0 saturated carbocycles. The molecule has 0 aromatic heterocycles. The van der Waals surface area contributed by atoms with Crippen LogP contribution in [0.1, 0.15) is 218 Å². The molecule has 13 rings (SSSR count). The molecular formula is C76H84N4O8. The van der Waals surface area contributed by atoms with Crippen molar-refractivity contribution >= 4 is 0 Å². The highest BCUT2D eigenvalue weighted by Gasteiger charge is 2.42. The van der Waals surface area contributed by atoms with Crippen molar-refractivity contribution in [3.63, 3.8) is 0 Å². The molecule has 0 spiro atoms. The van der Waals surface area contributed by atoms with Crippen LogP contribution in [-0.4, -0.2) is 66.9 Å². The van der Waals surface area contributed by atoms with Gasteiger partial charge >= 0.3 is 0 Å². The molecule has 8 atom stereocenters. The van der Waals surface area contributed by atoms with E-state index in [2.05, 4.69) is 196 Å². The first-order chi connectivity index (χ1) is 42.8. The van der Waals surface area contributed by atoms with Crippen LogP contribution in [0.5, 0.6) is 46.0 Å². The molecule has 12 nitrogen and oxygen atoms in total. The van der Waals surface area contributed by atoms with Crippen LogP contribution in [-0.2, 0) is 26.2 Å². The minimum Gasteiger partial charge on any atom is -0.507 e. The van der Waals surface area contributed by atoms with Gasteiger partial charge in [-0.1, -0.05) is 149 Å². The predicted molar refractivity (Wildman–Crippen MR) is 345 cm³/mol. The highest BCUT2D eigenvalue weighted by Crippen LogP contribution is 2.58. The van der Waals surface area contributed by atoms with Gasteiger partial charge in [0.15, 0.2) is 0 Å². The molecule has 0 radical (unpaired) electrons. The number of aromatic hydroxyl groups is 4. The van der Waals surface area contributed by atoms with Crippen molar-refractivity contribution < 1.29 is 39.4 Å². The lowest BCUT2D eigenvalue weighted by atomic mass is 9.75. The monoisotopic (exact) mass is 1180 g/mol. The number of fused-ring (bicyclic) bond motifs is 16. The molecule has 5 aliphatic rings. The standard InChI is InChI=1S/C76H84N4O8/c1-9-53-57-33-62(74-65(69(57)81)37-77(42-86-74)45(5)49-25-17-13-18-26-49)55(11-3)59-35-64(76-67(71(59)83)39-79(44-88-76)47(7)51-29-21-15-22-30-51)56(12-4)60-36-63(75-68(72(60)84)40-80(43-87-75)48(8)52-31-23-16-24-32-52)54(10-2)58-34-61(53)73-66(70(58)82)38-78(41-85-73)46(6)50-27-19-14-20-28-50/h13-36,45-48,53-56,81-84H,9-12,37-44H2,1-8H3/t45-,46-,47-,48-,53-,54-,55-,56-/m0/s1. The van der Waals surface area contributed by atoms with Crippen LogP contribution in [0.25, 0.3) is 0 Å². The van der Waals surface area contributed by atoms with Crippen LogP contribution >= 0.6 is 0 Å². The van der Waals surface area contributed by atoms with E-state index in [0.29, 0.717) is 97.1 Å². The van der Waals surface area contributed by atoms with Gasteiger partial charge in [-0.05, 0) is 99.9 Å². The smallest absolute Gasteiger partial charge is 0.142 e. The molecule has 0 saturated heterocycles. The SMILES string of the molecule is CC[C@H]1c2cc(c3c(c2O)CN([C@@H](C)c2ccccc2)CO3)[C@@H](CC)c2cc(c3c(c2O)CN([C@@H](C)c2ccccc2)CO3)[C@@H](CC)c2cc(c3c(c2O)CN([C@@H](C)c2ccccc2)CO3)[C@@H](CC)c2cc1c1c(c2O)CN([C@@H](C)c2ccccc2)CO1. The summed E-state index contributed by atoms with van der Waals surface area (Å²) in [5.41, 5.74) is 13.7. The first kappa shape index (κ1) is 59.0. The van der Waals surface area contributed by atoms with Crippen molar-refractivity contribution in [3.8, 4) is 46.0 Å². The quantitative estimate of drug-likeness (QED) is 0.0929. The van der Waals surface area contributed by atoms with E-state index in [-0.39, 0.29) is 74.1 Å². The summed E-state index contributed by atoms with van der Waals surface area (Å²) in [5.74, 6) is 1.39. The van der Waals surface area contributed by atoms with Crippen LogP contribution in [0.3, 0.4) is 0 Å². The topological polar surface area (TPSA) is 131 Å². The van der Waals surface area contributed by atoms with Gasteiger partial charge in [-0.3, -0.25) is 19.6 Å². The van der Waals surface area contributed by atoms with E-state index in [9.17, 15) is 20.4 Å². The Balaban J connectivity index is 1.08. The molecule has 8 aromatic carbocycles. The number of rotatable bonds is 12. The van der Waals surface area contributed by atoms with Crippen LogP contribution < -0.4 is 18.9 Å². The van der Waals surface area contributed by atoms with E-state index < -0.39 is 23.7 Å². The van der Waals surface area contributed by atoms with Crippen molar-refractivity contribution in [1.29, 1.82) is 0 Å². The highest BCUT2D eigenvalue weighted by atomic mass is 16.5. The van der Waals surface area contributed by atoms with Gasteiger partial charge in [0.1, 0.15) is 72.9 Å². The molecule has 0 amide bonds. The molecule has 1 aliphatic carbocycles. The molecule has 8 bridgehead atoms. The Labute approximate surface area is 519 Å². The van der Waals surface area contributed by atoms with Crippen molar-refractivity contribution in [2.45, 2.75) is 155 Å². The van der Waals surface area contributed by atoms with Gasteiger partial charge in [0.05, 0.1) is 22.3 Å². The molecule has 0 fully saturated rings. The molecular weight excluding hydrogens is 1100 g/mol. The summed E-state index contributed by atoms with van der Waals surface area (Å²) in [7, 11) is 0. The fourth-order valence-corrected chi connectivity index (χ4v) is 15.2. The highest BCUT2D eigenvalue weighted by molar-refractivity contribution is 5.69. The maximum Gasteiger partial charge on any atom is 0.142 e. The fourth-order valence-electron chi connectivity index (χ4n) is 15.2. The summed E-state index contributed by atoms with van der Waals surface area (Å²) in [6.07, 6.45) is 2.30. The first-order valence-electron chi connectivity index (χ1n) is 32.0. The molecule has 8 aromatic rings. The lowest BCUT2D eigenvalue weighted by Gasteiger charge is -2.40. The molecule has 4 heterocycles. The fraction of sp³-hybridized carbons (Fsp3) is 0.368. The Hall–Kier alpha value is -8.00. The maximum atomic E-state index is 13.4. The van der Waals surface area contributed by atoms with Gasteiger partial charge in [-0.2, -0.15) is 0 Å². The Bertz CT molecular complexity index is 3340. The number of ether oxygens (including phenoxy) is 4. The first-order valence-corrected chi connectivity index (χ1v) is 32.0. The van der Waals surface area contributed by atoms with Crippen molar-refractivity contribution in [2.24, 2.45) is 0 Å². The van der Waals surface area contributed by atoms with Gasteiger partial charge in [0, 0.05) is 119 Å². The van der Waals surface area contributed by atoms with E-state index in [1.165, 1.54) is 0 Å². The van der Waals surface area contributed by atoms with Crippen molar-refractivity contribution in [1.82, 2.24) is 19.6 Å². The second-order valence-electron chi connectivity index (χ2n) is 25.1. The van der Waals surface area contributed by atoms with E-state index in [4.69, 9.17) is 18.9 Å². The van der Waals surface area contributed by atoms with Gasteiger partial charge in [0.25, 0.3) is 0 Å². The summed E-state index contributed by atoms with van der Waals surface area (Å²) in [6.45, 7) is 20.2. The molecule has 456 valence electrons. The minimum atomic E-state index is -0.438. The van der Waals surface area contributed by atoms with Crippen LogP contribution in [0, 0.1) is 0 Å². The maximum absolute atomic E-state index is 13.4. The molecule has 88 heavy (non-hydrogen) atoms. The Morgan fingerprint density at radius 3 is 0.693 bits per heavy atom. The molecule has 12 heteroatoms. The van der Waals surface area contributed by atoms with Crippen LogP contribution in [0.4, 0.5) is 0 Å². The third-order valence-electron chi connectivity index (χ3n) is 20.5. The zero-order valence-corrected chi connectivity index (χ0v) is 52.2. The van der Waals surface area contributed by atoms with Crippen LogP contribution in [0.2, 0.25) is 0 Å². The number of nitrogens with zero attached hydrogens (tertiary/aromatic N) is 4. The van der Waals surface area contributed by atoms with Gasteiger partial charge < -0.3 is 39.4 Å². The van der Waals surface area contributed by atoms with Crippen LogP contribution in [0.15, 0.2) is 146 Å². The third-order valence-corrected chi connectivity index (χ3v) is 20.5. The average molecular weight is 1180 g/mol. The lowest BCUT2D eigenvalue weighted by Crippen LogP contribution is -2.36. The number of phenolic OH excluding ortho intramolecular Hbond substituents is 4. The molecule has 4 N–H and O–H groups in total. The van der Waals surface area contributed by atoms with E-state index in [1.807, 2.05) is 24.3 Å². The Morgan fingerprint density at radius 1 is 0.318 bits per heavy atom. The Morgan fingerprint density at radius 2 is 0.511 bits per heavy atom. The van der Waals surface area contributed by atoms with Gasteiger partial charge in [-0.15, -0.1) is 0 Å². The second-order valence-corrected chi connectivity index (χ2v) is 25.1. The second kappa shape index (κ2) is 24.5. The summed E-state index contributed by atoms with van der Waals surface area (Å²) >= 11 is 0. The summed E-state index contributed by atoms with van der Waals surface area (Å²) in [4.78, 5) is 9.06. The van der Waals surface area contributed by atoms with E-state index >= 15 is 0 Å². The largest absolute Gasteiger partial charge is 0.507 e. The normalized spacial score (nSPS) is 20.7. The zero-order chi connectivity index (χ0) is 61.1. The Kier molecular flexibility index (Phi) is 16.4. The van der Waals surface area contributed by atoms with Gasteiger partial charge in [0.2, 0.25) is 0 Å². The van der Waals surface area contributed by atoms with Crippen molar-refractivity contribution in [2.75, 3.05) is 26.9 Å². The average Bonchev–Trinajstić information content (AvgIpc) is 1.21. The molecule has 4 aliphatic heterocycles. The summed E-state index contributed by atoms with van der Waals surface area (Å²) in [5, 5.41) is 53.6. The predicted octanol–water partition coefficient (Wildman–Crippen LogP) is 16.6. The van der Waals surface area contributed by atoms with Gasteiger partial charge in [-0.25, -0.2) is 0 Å².